The lowest BCUT2D eigenvalue weighted by Crippen LogP contribution is -2.09. The van der Waals surface area contributed by atoms with E-state index in [2.05, 4.69) is 17.0 Å². The Morgan fingerprint density at radius 2 is 1.39 bits per heavy atom. The van der Waals surface area contributed by atoms with Gasteiger partial charge in [0.05, 0.1) is 30.7 Å². The highest BCUT2D eigenvalue weighted by Gasteiger charge is 2.27. The van der Waals surface area contributed by atoms with Crippen molar-refractivity contribution in [3.05, 3.63) is 21.8 Å². The Hall–Kier alpha value is 1.15. The van der Waals surface area contributed by atoms with Gasteiger partial charge in [-0.15, -0.1) is 0 Å². The number of benzene rings is 1. The molecule has 10 heteroatoms. The second-order valence-corrected chi connectivity index (χ2v) is 6.81. The van der Waals surface area contributed by atoms with E-state index in [0.29, 0.717) is 10.7 Å². The van der Waals surface area contributed by atoms with Crippen molar-refractivity contribution in [3.63, 3.8) is 0 Å². The summed E-state index contributed by atoms with van der Waals surface area (Å²) in [6.45, 7) is 0. The summed E-state index contributed by atoms with van der Waals surface area (Å²) in [6, 6.07) is 0. The van der Waals surface area contributed by atoms with Crippen molar-refractivity contribution in [2.75, 3.05) is 0 Å². The van der Waals surface area contributed by atoms with Gasteiger partial charge in [0.15, 0.2) is 5.75 Å². The standard InChI is InChI=1S/C8Cl2I3NO3S/c9-7(15)1-3(11)2(8(10)16)5(13)6(4(1)12)17-14-18. The minimum absolute atomic E-state index is 0.149. The Morgan fingerprint density at radius 1 is 1.00 bits per heavy atom. The molecule has 0 aromatic heterocycles. The molecule has 0 spiro atoms. The molecule has 1 aromatic rings. The van der Waals surface area contributed by atoms with Gasteiger partial charge in [0.2, 0.25) is 0 Å². The summed E-state index contributed by atoms with van der Waals surface area (Å²) in [5.74, 6) is 0.194. The van der Waals surface area contributed by atoms with Gasteiger partial charge in [0, 0.05) is 3.57 Å². The molecule has 0 heterocycles. The van der Waals surface area contributed by atoms with Crippen LogP contribution in [0.25, 0.3) is 0 Å². The molecule has 0 fully saturated rings. The van der Waals surface area contributed by atoms with E-state index in [-0.39, 0.29) is 16.9 Å². The molecule has 0 unspecified atom stereocenters. The summed E-state index contributed by atoms with van der Waals surface area (Å²) in [5, 5.41) is -1.43. The Kier molecular flexibility index (Phi) is 6.92. The van der Waals surface area contributed by atoms with Crippen LogP contribution in [0.15, 0.2) is 4.53 Å². The van der Waals surface area contributed by atoms with Gasteiger partial charge in [-0.1, -0.05) is 0 Å². The number of hydrogen-bond acceptors (Lipinski definition) is 5. The lowest BCUT2D eigenvalue weighted by Gasteiger charge is -2.13. The highest BCUT2D eigenvalue weighted by atomic mass is 127. The van der Waals surface area contributed by atoms with Crippen molar-refractivity contribution in [1.29, 1.82) is 0 Å². The van der Waals surface area contributed by atoms with Gasteiger partial charge in [-0.25, -0.2) is 0 Å². The molecule has 0 amide bonds. The van der Waals surface area contributed by atoms with Gasteiger partial charge >= 0.3 is 0 Å². The number of hydrogen-bond donors (Lipinski definition) is 0. The van der Waals surface area contributed by atoms with Crippen LogP contribution in [-0.4, -0.2) is 10.5 Å². The van der Waals surface area contributed by atoms with Gasteiger partial charge in [0.25, 0.3) is 10.5 Å². The molecule has 4 nitrogen and oxygen atoms in total. The van der Waals surface area contributed by atoms with Crippen LogP contribution in [0, 0.1) is 10.7 Å². The first-order valence-corrected chi connectivity index (χ1v) is 8.28. The summed E-state index contributed by atoms with van der Waals surface area (Å²) < 4.78 is 4.35. The third-order valence-corrected chi connectivity index (χ3v) is 5.39. The first-order chi connectivity index (χ1) is 8.32. The van der Waals surface area contributed by atoms with E-state index in [1.54, 1.807) is 0 Å². The average molecular weight is 642 g/mol. The normalized spacial score (nSPS) is 10.1. The lowest BCUT2D eigenvalue weighted by molar-refractivity contribution is 0.107. The first kappa shape index (κ1) is 17.2. The summed E-state index contributed by atoms with van der Waals surface area (Å²) in [5.41, 5.74) is 0.298. The van der Waals surface area contributed by atoms with Crippen molar-refractivity contribution in [1.82, 2.24) is 0 Å². The zero-order valence-corrected chi connectivity index (χ0v) is 16.8. The fraction of sp³-hybridized carbons (Fsp3) is 0. The summed E-state index contributed by atoms with van der Waals surface area (Å²) in [4.78, 5) is 27.7. The van der Waals surface area contributed by atoms with Crippen molar-refractivity contribution in [2.45, 2.75) is 0 Å². The zero-order chi connectivity index (χ0) is 14.0. The molecule has 0 aliphatic carbocycles. The topological polar surface area (TPSA) is 55.7 Å². The van der Waals surface area contributed by atoms with Crippen LogP contribution in [0.2, 0.25) is 0 Å². The maximum absolute atomic E-state index is 11.4. The molecule has 0 N–H and O–H groups in total. The predicted molar refractivity (Wildman–Crippen MR) is 95.4 cm³/mol. The van der Waals surface area contributed by atoms with Crippen molar-refractivity contribution < 1.29 is 14.4 Å². The van der Waals surface area contributed by atoms with Crippen molar-refractivity contribution in [2.24, 2.45) is 4.53 Å². The second-order valence-electron chi connectivity index (χ2n) is 2.73. The average Bonchev–Trinajstić information content (AvgIpc) is 2.23. The number of carbonyl (C=O) groups is 2. The van der Waals surface area contributed by atoms with E-state index in [4.69, 9.17) is 28.0 Å². The van der Waals surface area contributed by atoms with E-state index in [0.717, 1.165) is 0 Å². The van der Waals surface area contributed by atoms with Crippen molar-refractivity contribution >= 4 is 114 Å². The molecule has 1 aromatic carbocycles. The van der Waals surface area contributed by atoms with Crippen LogP contribution in [0.5, 0.6) is 5.75 Å². The smallest absolute Gasteiger partial charge is 0.254 e. The van der Waals surface area contributed by atoms with Gasteiger partial charge in [-0.05, 0) is 95.5 Å². The third-order valence-electron chi connectivity index (χ3n) is 1.80. The maximum atomic E-state index is 11.4. The molecule has 18 heavy (non-hydrogen) atoms. The molecule has 0 saturated heterocycles. The Bertz CT molecular complexity index is 526. The van der Waals surface area contributed by atoms with Gasteiger partial charge in [-0.3, -0.25) is 9.59 Å². The maximum Gasteiger partial charge on any atom is 0.254 e. The molecule has 0 bridgehead atoms. The number of halogens is 5. The van der Waals surface area contributed by atoms with Gasteiger partial charge in [-0.2, -0.15) is 0 Å². The summed E-state index contributed by atoms with van der Waals surface area (Å²) >= 11 is 20.9. The van der Waals surface area contributed by atoms with E-state index < -0.39 is 10.5 Å². The second kappa shape index (κ2) is 7.24. The quantitative estimate of drug-likeness (QED) is 0.280. The van der Waals surface area contributed by atoms with Crippen LogP contribution in [0.4, 0.5) is 0 Å². The van der Waals surface area contributed by atoms with Gasteiger partial charge in [0.1, 0.15) is 0 Å². The number of rotatable bonds is 4. The van der Waals surface area contributed by atoms with E-state index in [1.807, 2.05) is 67.8 Å². The van der Waals surface area contributed by atoms with Crippen LogP contribution in [0.3, 0.4) is 0 Å². The Balaban J connectivity index is 3.81. The monoisotopic (exact) mass is 641 g/mol. The highest BCUT2D eigenvalue weighted by Crippen LogP contribution is 2.38. The zero-order valence-electron chi connectivity index (χ0n) is 7.97. The van der Waals surface area contributed by atoms with Gasteiger partial charge < -0.3 is 4.84 Å². The molecule has 0 radical (unpaired) electrons. The summed E-state index contributed by atoms with van der Waals surface area (Å²) in [7, 11) is 0. The minimum atomic E-state index is -0.714. The van der Waals surface area contributed by atoms with E-state index in [9.17, 15) is 9.59 Å². The predicted octanol–water partition coefficient (Wildman–Crippen LogP) is 4.28. The largest absolute Gasteiger partial charge is 0.343 e. The molecular weight excluding hydrogens is 642 g/mol. The van der Waals surface area contributed by atoms with E-state index >= 15 is 0 Å². The van der Waals surface area contributed by atoms with Crippen LogP contribution in [-0.2, 0) is 12.4 Å². The Labute approximate surface area is 158 Å². The van der Waals surface area contributed by atoms with Crippen LogP contribution < -0.4 is 4.84 Å². The fourth-order valence-electron chi connectivity index (χ4n) is 1.10. The Morgan fingerprint density at radius 3 is 1.67 bits per heavy atom. The molecule has 1 rings (SSSR count). The van der Waals surface area contributed by atoms with E-state index in [1.165, 1.54) is 0 Å². The minimum Gasteiger partial charge on any atom is -0.343 e. The first-order valence-electron chi connectivity index (χ1n) is 3.92. The van der Waals surface area contributed by atoms with Crippen molar-refractivity contribution in [3.8, 4) is 5.75 Å². The lowest BCUT2D eigenvalue weighted by atomic mass is 10.1. The molecule has 96 valence electrons. The van der Waals surface area contributed by atoms with Crippen LogP contribution >= 0.6 is 91.0 Å². The highest BCUT2D eigenvalue weighted by molar-refractivity contribution is 14.1. The molecule has 0 atom stereocenters. The third kappa shape index (κ3) is 3.42. The number of carbonyl (C=O) groups excluding carboxylic acids is 2. The SMILES string of the molecule is O=C(Cl)c1c(I)c(ON=S)c(I)c(C(=O)Cl)c1I. The fourth-order valence-corrected chi connectivity index (χ4v) is 6.54. The molecule has 0 aliphatic rings. The summed E-state index contributed by atoms with van der Waals surface area (Å²) in [6.07, 6.45) is 0. The number of nitrogens with zero attached hydrogens (tertiary/aromatic N) is 1. The molecule has 0 saturated carbocycles. The van der Waals surface area contributed by atoms with Crippen LogP contribution in [0.1, 0.15) is 20.7 Å². The molecular formula is C8Cl2I3NO3S. The molecule has 0 aliphatic heterocycles.